The smallest absolute Gasteiger partial charge is 0.354 e. The van der Waals surface area contributed by atoms with Gasteiger partial charge in [-0.15, -0.1) is 0 Å². The van der Waals surface area contributed by atoms with Crippen molar-refractivity contribution < 1.29 is 9.90 Å². The van der Waals surface area contributed by atoms with Crippen LogP contribution in [0.15, 0.2) is 48.5 Å². The van der Waals surface area contributed by atoms with Gasteiger partial charge in [0, 0.05) is 34.9 Å². The van der Waals surface area contributed by atoms with Gasteiger partial charge >= 0.3 is 5.97 Å². The predicted molar refractivity (Wildman–Crippen MR) is 122 cm³/mol. The van der Waals surface area contributed by atoms with Crippen LogP contribution in [0.25, 0.3) is 10.9 Å². The van der Waals surface area contributed by atoms with Gasteiger partial charge in [-0.25, -0.2) is 9.78 Å². The Balaban J connectivity index is 1.60. The molecule has 0 atom stereocenters. The Morgan fingerprint density at radius 3 is 2.59 bits per heavy atom. The van der Waals surface area contributed by atoms with Gasteiger partial charge in [0.25, 0.3) is 0 Å². The summed E-state index contributed by atoms with van der Waals surface area (Å²) in [6.07, 6.45) is 0.744. The van der Waals surface area contributed by atoms with Crippen LogP contribution >= 0.6 is 35.4 Å². The number of carboxylic acids is 1. The molecule has 1 heterocycles. The molecule has 0 spiro atoms. The van der Waals surface area contributed by atoms with E-state index in [-0.39, 0.29) is 5.69 Å². The lowest BCUT2D eigenvalue weighted by atomic mass is 10.1. The molecule has 0 saturated heterocycles. The molecule has 0 fully saturated rings. The van der Waals surface area contributed by atoms with Gasteiger partial charge in [0.15, 0.2) is 10.8 Å². The number of nitrogens with one attached hydrogen (secondary N) is 3. The van der Waals surface area contributed by atoms with Gasteiger partial charge in [0.2, 0.25) is 0 Å². The van der Waals surface area contributed by atoms with Crippen LogP contribution < -0.4 is 16.0 Å². The van der Waals surface area contributed by atoms with E-state index in [1.165, 1.54) is 6.07 Å². The molecule has 29 heavy (non-hydrogen) atoms. The van der Waals surface area contributed by atoms with Crippen molar-refractivity contribution >= 4 is 68.8 Å². The molecule has 9 heteroatoms. The van der Waals surface area contributed by atoms with Gasteiger partial charge in [-0.05, 0) is 49.0 Å². The number of carboxylic acid groups (broad SMARTS) is 1. The summed E-state index contributed by atoms with van der Waals surface area (Å²) in [4.78, 5) is 15.5. The second-order valence-electron chi connectivity index (χ2n) is 6.17. The number of nitrogens with zero attached hydrogens (tertiary/aromatic N) is 1. The second kappa shape index (κ2) is 9.73. The number of anilines is 2. The highest BCUT2D eigenvalue weighted by molar-refractivity contribution is 7.80. The number of pyridine rings is 1. The fourth-order valence-corrected chi connectivity index (χ4v) is 3.55. The van der Waals surface area contributed by atoms with Crippen LogP contribution in [0.5, 0.6) is 0 Å². The van der Waals surface area contributed by atoms with Gasteiger partial charge in [0.1, 0.15) is 0 Å². The van der Waals surface area contributed by atoms with E-state index in [0.29, 0.717) is 44.8 Å². The fraction of sp³-hybridized carbons (Fsp3) is 0.150. The molecular weight excluding hydrogens is 431 g/mol. The molecule has 0 amide bonds. The minimum absolute atomic E-state index is 0.0790. The summed E-state index contributed by atoms with van der Waals surface area (Å²) in [7, 11) is 0. The predicted octanol–water partition coefficient (Wildman–Crippen LogP) is 5.03. The normalized spacial score (nSPS) is 10.6. The van der Waals surface area contributed by atoms with Crippen molar-refractivity contribution in [3.63, 3.8) is 0 Å². The van der Waals surface area contributed by atoms with Gasteiger partial charge in [-0.1, -0.05) is 41.4 Å². The lowest BCUT2D eigenvalue weighted by molar-refractivity contribution is 0.0691. The Hall–Kier alpha value is -2.61. The van der Waals surface area contributed by atoms with Gasteiger partial charge in [-0.2, -0.15) is 0 Å². The average Bonchev–Trinajstić information content (AvgIpc) is 2.67. The monoisotopic (exact) mass is 448 g/mol. The zero-order chi connectivity index (χ0) is 20.8. The molecule has 0 aliphatic rings. The maximum absolute atomic E-state index is 11.4. The summed E-state index contributed by atoms with van der Waals surface area (Å²) in [5.74, 6) is -1.12. The first-order valence-corrected chi connectivity index (χ1v) is 9.97. The number of thiocarbonyl (C=S) groups is 1. The molecule has 150 valence electrons. The fourth-order valence-electron chi connectivity index (χ4n) is 2.74. The van der Waals surface area contributed by atoms with Crippen molar-refractivity contribution in [2.75, 3.05) is 23.7 Å². The number of carbonyl (C=O) groups is 1. The van der Waals surface area contributed by atoms with E-state index in [0.717, 1.165) is 12.1 Å². The number of fused-ring (bicyclic) bond motifs is 1. The maximum Gasteiger partial charge on any atom is 0.354 e. The molecule has 0 radical (unpaired) electrons. The van der Waals surface area contributed by atoms with Crippen LogP contribution in [0.2, 0.25) is 10.0 Å². The van der Waals surface area contributed by atoms with Crippen LogP contribution in [0.4, 0.5) is 11.4 Å². The van der Waals surface area contributed by atoms with Crippen LogP contribution in [0.3, 0.4) is 0 Å². The molecule has 3 aromatic rings. The first-order chi connectivity index (χ1) is 13.9. The standard InChI is InChI=1S/C20H18Cl2N4O2S/c21-12-9-14(22)18-15(11-17(19(27)28)26-16(18)10-12)23-7-4-8-24-20(29)25-13-5-2-1-3-6-13/h1-3,5-6,9-11H,4,7-8H2,(H,23,26)(H,27,28)(H2,24,25,29). The average molecular weight is 449 g/mol. The largest absolute Gasteiger partial charge is 0.477 e. The molecule has 4 N–H and O–H groups in total. The summed E-state index contributed by atoms with van der Waals surface area (Å²) in [5, 5.41) is 20.8. The number of halogens is 2. The molecule has 2 aromatic carbocycles. The Morgan fingerprint density at radius 2 is 1.86 bits per heavy atom. The van der Waals surface area contributed by atoms with E-state index < -0.39 is 5.97 Å². The maximum atomic E-state index is 11.4. The number of aromatic carboxylic acids is 1. The van der Waals surface area contributed by atoms with Crippen molar-refractivity contribution in [2.24, 2.45) is 0 Å². The molecule has 0 unspecified atom stereocenters. The number of benzene rings is 2. The number of hydrogen-bond donors (Lipinski definition) is 4. The lowest BCUT2D eigenvalue weighted by Crippen LogP contribution is -2.30. The molecule has 3 rings (SSSR count). The third kappa shape index (κ3) is 5.69. The van der Waals surface area contributed by atoms with Crippen LogP contribution in [-0.4, -0.2) is 34.3 Å². The quantitative estimate of drug-likeness (QED) is 0.297. The third-order valence-electron chi connectivity index (χ3n) is 4.03. The Kier molecular flexibility index (Phi) is 7.09. The van der Waals surface area contributed by atoms with E-state index in [9.17, 15) is 9.90 Å². The van der Waals surface area contributed by atoms with E-state index >= 15 is 0 Å². The Morgan fingerprint density at radius 1 is 1.10 bits per heavy atom. The number of aromatic nitrogens is 1. The summed E-state index contributed by atoms with van der Waals surface area (Å²) >= 11 is 17.6. The topological polar surface area (TPSA) is 86.3 Å². The second-order valence-corrected chi connectivity index (χ2v) is 7.42. The van der Waals surface area contributed by atoms with Crippen molar-refractivity contribution in [2.45, 2.75) is 6.42 Å². The van der Waals surface area contributed by atoms with Crippen molar-refractivity contribution in [3.05, 3.63) is 64.3 Å². The Labute approximate surface area is 183 Å². The highest BCUT2D eigenvalue weighted by Crippen LogP contribution is 2.33. The summed E-state index contributed by atoms with van der Waals surface area (Å²) in [6.45, 7) is 1.22. The molecule has 0 aliphatic carbocycles. The summed E-state index contributed by atoms with van der Waals surface area (Å²) in [6, 6.07) is 14.3. The van der Waals surface area contributed by atoms with E-state index in [4.69, 9.17) is 35.4 Å². The Bertz CT molecular complexity index is 1050. The van der Waals surface area contributed by atoms with Gasteiger partial charge < -0.3 is 21.1 Å². The van der Waals surface area contributed by atoms with Crippen LogP contribution in [-0.2, 0) is 0 Å². The van der Waals surface area contributed by atoms with Crippen LogP contribution in [0, 0.1) is 0 Å². The summed E-state index contributed by atoms with van der Waals surface area (Å²) < 4.78 is 0. The van der Waals surface area contributed by atoms with Crippen LogP contribution in [0.1, 0.15) is 16.9 Å². The zero-order valence-corrected chi connectivity index (χ0v) is 17.5. The first kappa shape index (κ1) is 21.1. The van der Waals surface area contributed by atoms with Crippen molar-refractivity contribution in [3.8, 4) is 0 Å². The molecule has 1 aromatic heterocycles. The molecule has 0 saturated carbocycles. The minimum Gasteiger partial charge on any atom is -0.477 e. The molecule has 0 bridgehead atoms. The zero-order valence-electron chi connectivity index (χ0n) is 15.2. The molecule has 0 aliphatic heterocycles. The van der Waals surface area contributed by atoms with E-state index in [1.807, 2.05) is 30.3 Å². The van der Waals surface area contributed by atoms with E-state index in [2.05, 4.69) is 20.9 Å². The SMILES string of the molecule is O=C(O)c1cc(NCCCNC(=S)Nc2ccccc2)c2c(Cl)cc(Cl)cc2n1. The number of hydrogen-bond acceptors (Lipinski definition) is 4. The highest BCUT2D eigenvalue weighted by atomic mass is 35.5. The minimum atomic E-state index is -1.12. The highest BCUT2D eigenvalue weighted by Gasteiger charge is 2.14. The first-order valence-electron chi connectivity index (χ1n) is 8.81. The lowest BCUT2D eigenvalue weighted by Gasteiger charge is -2.13. The van der Waals surface area contributed by atoms with Gasteiger partial charge in [0.05, 0.1) is 10.5 Å². The van der Waals surface area contributed by atoms with Gasteiger partial charge in [-0.3, -0.25) is 0 Å². The van der Waals surface area contributed by atoms with E-state index in [1.54, 1.807) is 12.1 Å². The molecular formula is C20H18Cl2N4O2S. The third-order valence-corrected chi connectivity index (χ3v) is 4.79. The molecule has 6 nitrogen and oxygen atoms in total. The van der Waals surface area contributed by atoms with Crippen molar-refractivity contribution in [1.82, 2.24) is 10.3 Å². The van der Waals surface area contributed by atoms with Crippen molar-refractivity contribution in [1.29, 1.82) is 0 Å². The number of rotatable bonds is 7. The number of para-hydroxylation sites is 1. The summed E-state index contributed by atoms with van der Waals surface area (Å²) in [5.41, 5.74) is 1.86.